The van der Waals surface area contributed by atoms with Crippen LogP contribution in [0.5, 0.6) is 0 Å². The van der Waals surface area contributed by atoms with Crippen molar-refractivity contribution in [1.29, 1.82) is 0 Å². The van der Waals surface area contributed by atoms with Crippen molar-refractivity contribution in [3.8, 4) is 0 Å². The van der Waals surface area contributed by atoms with Gasteiger partial charge in [-0.2, -0.15) is 0 Å². The maximum Gasteiger partial charge on any atom is 0.101 e. The highest BCUT2D eigenvalue weighted by atomic mass is 35.5. The highest BCUT2D eigenvalue weighted by molar-refractivity contribution is 6.31. The zero-order chi connectivity index (χ0) is 15.1. The van der Waals surface area contributed by atoms with Gasteiger partial charge in [0.25, 0.3) is 0 Å². The number of nitrogens with zero attached hydrogens (tertiary/aromatic N) is 3. The maximum absolute atomic E-state index is 6.26. The quantitative estimate of drug-likeness (QED) is 0.787. The second kappa shape index (κ2) is 5.25. The highest BCUT2D eigenvalue weighted by Gasteiger charge is 2.31. The molecule has 0 N–H and O–H groups in total. The lowest BCUT2D eigenvalue weighted by atomic mass is 10.00. The average molecular weight is 310 g/mol. The van der Waals surface area contributed by atoms with E-state index in [1.807, 2.05) is 30.3 Å². The van der Waals surface area contributed by atoms with E-state index in [2.05, 4.69) is 35.0 Å². The zero-order valence-electron chi connectivity index (χ0n) is 12.3. The fourth-order valence-electron chi connectivity index (χ4n) is 3.20. The van der Waals surface area contributed by atoms with Crippen LogP contribution in [0.15, 0.2) is 58.5 Å². The van der Waals surface area contributed by atoms with Crippen molar-refractivity contribution in [2.24, 2.45) is 9.98 Å². The number of fused-ring (bicyclic) bond motifs is 3. The van der Waals surface area contributed by atoms with E-state index in [9.17, 15) is 0 Å². The minimum Gasteiger partial charge on any atom is -0.323 e. The molecule has 2 aromatic rings. The topological polar surface area (TPSA) is 28.0 Å². The number of aliphatic imine (C=N–C) groups is 2. The van der Waals surface area contributed by atoms with E-state index < -0.39 is 0 Å². The molecule has 0 aliphatic carbocycles. The molecule has 2 aromatic carbocycles. The molecule has 0 aromatic heterocycles. The van der Waals surface area contributed by atoms with Crippen LogP contribution in [0.3, 0.4) is 0 Å². The summed E-state index contributed by atoms with van der Waals surface area (Å²) in [5.74, 6) is 1.05. The lowest BCUT2D eigenvalue weighted by molar-refractivity contribution is 0.725. The minimum atomic E-state index is 0.307. The van der Waals surface area contributed by atoms with Gasteiger partial charge in [0.2, 0.25) is 0 Å². The van der Waals surface area contributed by atoms with Crippen LogP contribution in [-0.2, 0) is 0 Å². The van der Waals surface area contributed by atoms with Crippen LogP contribution in [-0.4, -0.2) is 30.7 Å². The number of halogens is 1. The summed E-state index contributed by atoms with van der Waals surface area (Å²) in [5, 5.41) is 0.731. The average Bonchev–Trinajstić information content (AvgIpc) is 2.82. The molecule has 3 nitrogen and oxygen atoms in total. The molecule has 22 heavy (non-hydrogen) atoms. The Morgan fingerprint density at radius 1 is 1.05 bits per heavy atom. The molecule has 0 radical (unpaired) electrons. The van der Waals surface area contributed by atoms with Gasteiger partial charge in [-0.3, -0.25) is 9.98 Å². The summed E-state index contributed by atoms with van der Waals surface area (Å²) in [5.41, 5.74) is 4.37. The molecule has 1 unspecified atom stereocenters. The number of rotatable bonds is 1. The lowest BCUT2D eigenvalue weighted by Crippen LogP contribution is -2.37. The van der Waals surface area contributed by atoms with E-state index in [0.717, 1.165) is 46.5 Å². The second-order valence-electron chi connectivity index (χ2n) is 5.63. The number of anilines is 1. The van der Waals surface area contributed by atoms with E-state index >= 15 is 0 Å². The molecule has 0 spiro atoms. The van der Waals surface area contributed by atoms with Gasteiger partial charge in [-0.25, -0.2) is 0 Å². The summed E-state index contributed by atoms with van der Waals surface area (Å²) in [6, 6.07) is 16.6. The van der Waals surface area contributed by atoms with E-state index in [0.29, 0.717) is 6.04 Å². The van der Waals surface area contributed by atoms with Gasteiger partial charge < -0.3 is 4.90 Å². The van der Waals surface area contributed by atoms with Crippen molar-refractivity contribution in [2.45, 2.75) is 13.0 Å². The normalized spacial score (nSPS) is 19.9. The molecule has 0 saturated carbocycles. The van der Waals surface area contributed by atoms with Crippen molar-refractivity contribution < 1.29 is 0 Å². The third-order valence-electron chi connectivity index (χ3n) is 4.23. The summed E-state index contributed by atoms with van der Waals surface area (Å²) in [4.78, 5) is 11.8. The molecule has 0 amide bonds. The van der Waals surface area contributed by atoms with Crippen molar-refractivity contribution in [3.63, 3.8) is 0 Å². The van der Waals surface area contributed by atoms with Crippen molar-refractivity contribution in [1.82, 2.24) is 0 Å². The molecule has 0 saturated heterocycles. The summed E-state index contributed by atoms with van der Waals surface area (Å²) in [6.45, 7) is 3.61. The monoisotopic (exact) mass is 309 g/mol. The Balaban J connectivity index is 1.93. The molecule has 0 bridgehead atoms. The largest absolute Gasteiger partial charge is 0.323 e. The lowest BCUT2D eigenvalue weighted by Gasteiger charge is -2.26. The maximum atomic E-state index is 6.26. The molecule has 4 heteroatoms. The van der Waals surface area contributed by atoms with Crippen LogP contribution in [0.25, 0.3) is 0 Å². The Hall–Kier alpha value is -2.13. The molecule has 2 aliphatic rings. The molecule has 1 atom stereocenters. The zero-order valence-corrected chi connectivity index (χ0v) is 13.1. The van der Waals surface area contributed by atoms with Gasteiger partial charge in [0.1, 0.15) is 5.84 Å². The van der Waals surface area contributed by atoms with Gasteiger partial charge in [0.05, 0.1) is 30.5 Å². The standard InChI is InChI=1S/C18H16ClN3/c1-12-20-10-15-11-21-18(13-5-3-2-4-6-13)16-9-14(19)7-8-17(16)22(12)15/h2-9,15H,10-11H2,1H3. The fourth-order valence-corrected chi connectivity index (χ4v) is 3.37. The van der Waals surface area contributed by atoms with Crippen LogP contribution in [0, 0.1) is 0 Å². The molecular weight excluding hydrogens is 294 g/mol. The Bertz CT molecular complexity index is 780. The molecule has 110 valence electrons. The van der Waals surface area contributed by atoms with E-state index in [4.69, 9.17) is 16.6 Å². The summed E-state index contributed by atoms with van der Waals surface area (Å²) >= 11 is 6.26. The molecule has 2 heterocycles. The molecule has 2 aliphatic heterocycles. The SMILES string of the molecule is CC1=NCC2CN=C(c3ccccc3)c3cc(Cl)ccc3N12. The Morgan fingerprint density at radius 2 is 1.82 bits per heavy atom. The van der Waals surface area contributed by atoms with Gasteiger partial charge in [0.15, 0.2) is 0 Å². The van der Waals surface area contributed by atoms with Crippen LogP contribution >= 0.6 is 11.6 Å². The first-order chi connectivity index (χ1) is 10.7. The van der Waals surface area contributed by atoms with Gasteiger partial charge >= 0.3 is 0 Å². The van der Waals surface area contributed by atoms with Crippen molar-refractivity contribution in [3.05, 3.63) is 64.7 Å². The third-order valence-corrected chi connectivity index (χ3v) is 4.46. The van der Waals surface area contributed by atoms with Crippen LogP contribution in [0.4, 0.5) is 5.69 Å². The van der Waals surface area contributed by atoms with E-state index in [1.165, 1.54) is 0 Å². The summed E-state index contributed by atoms with van der Waals surface area (Å²) in [6.07, 6.45) is 0. The number of hydrogen-bond acceptors (Lipinski definition) is 3. The summed E-state index contributed by atoms with van der Waals surface area (Å²) < 4.78 is 0. The summed E-state index contributed by atoms with van der Waals surface area (Å²) in [7, 11) is 0. The van der Waals surface area contributed by atoms with Gasteiger partial charge in [-0.15, -0.1) is 0 Å². The molecule has 4 rings (SSSR count). The molecular formula is C18H16ClN3. The van der Waals surface area contributed by atoms with Crippen molar-refractivity contribution in [2.75, 3.05) is 18.0 Å². The van der Waals surface area contributed by atoms with E-state index in [1.54, 1.807) is 0 Å². The molecule has 0 fully saturated rings. The van der Waals surface area contributed by atoms with Crippen LogP contribution < -0.4 is 4.90 Å². The number of hydrogen-bond donors (Lipinski definition) is 0. The van der Waals surface area contributed by atoms with Crippen molar-refractivity contribution >= 4 is 28.8 Å². The fraction of sp³-hybridized carbons (Fsp3) is 0.222. The Kier molecular flexibility index (Phi) is 3.23. The predicted octanol–water partition coefficient (Wildman–Crippen LogP) is 3.80. The first-order valence-corrected chi connectivity index (χ1v) is 7.82. The smallest absolute Gasteiger partial charge is 0.101 e. The number of amidine groups is 1. The highest BCUT2D eigenvalue weighted by Crippen LogP contribution is 2.33. The predicted molar refractivity (Wildman–Crippen MR) is 92.6 cm³/mol. The second-order valence-corrected chi connectivity index (χ2v) is 6.06. The Labute approximate surface area is 135 Å². The van der Waals surface area contributed by atoms with Gasteiger partial charge in [-0.1, -0.05) is 41.9 Å². The third kappa shape index (κ3) is 2.13. The van der Waals surface area contributed by atoms with E-state index in [-0.39, 0.29) is 0 Å². The van der Waals surface area contributed by atoms with Crippen LogP contribution in [0.1, 0.15) is 18.1 Å². The van der Waals surface area contributed by atoms with Crippen LogP contribution in [0.2, 0.25) is 5.02 Å². The first-order valence-electron chi connectivity index (χ1n) is 7.44. The first kappa shape index (κ1) is 13.5. The van der Waals surface area contributed by atoms with Gasteiger partial charge in [0, 0.05) is 16.1 Å². The minimum absolute atomic E-state index is 0.307. The van der Waals surface area contributed by atoms with Gasteiger partial charge in [-0.05, 0) is 25.1 Å². The Morgan fingerprint density at radius 3 is 2.64 bits per heavy atom. The number of benzene rings is 2.